The first kappa shape index (κ1) is 8.59. The molecule has 0 aliphatic heterocycles. The van der Waals surface area contributed by atoms with E-state index in [0.717, 1.165) is 16.6 Å². The Morgan fingerprint density at radius 3 is 3.21 bits per heavy atom. The lowest BCUT2D eigenvalue weighted by molar-refractivity contribution is 0.563. The molecule has 0 N–H and O–H groups in total. The van der Waals surface area contributed by atoms with Gasteiger partial charge in [0, 0.05) is 7.05 Å². The molecular weight excluding hydrogens is 180 g/mol. The van der Waals surface area contributed by atoms with Crippen molar-refractivity contribution in [1.82, 2.24) is 15.0 Å². The molecule has 2 rings (SSSR count). The topological polar surface area (TPSA) is 60.1 Å². The van der Waals surface area contributed by atoms with Crippen LogP contribution in [-0.2, 0) is 18.4 Å². The van der Waals surface area contributed by atoms with Crippen LogP contribution < -0.4 is 0 Å². The highest BCUT2D eigenvalue weighted by Gasteiger charge is 2.01. The van der Waals surface area contributed by atoms with Crippen molar-refractivity contribution in [2.75, 3.05) is 0 Å². The summed E-state index contributed by atoms with van der Waals surface area (Å²) in [5.41, 5.74) is 2.72. The van der Waals surface area contributed by atoms with Crippen molar-refractivity contribution < 1.29 is 4.79 Å². The number of isocyanates is 1. The van der Waals surface area contributed by atoms with Gasteiger partial charge in [-0.1, -0.05) is 11.3 Å². The monoisotopic (exact) mass is 188 g/mol. The Labute approximate surface area is 80.1 Å². The van der Waals surface area contributed by atoms with E-state index in [1.807, 2.05) is 25.2 Å². The number of rotatable bonds is 2. The molecule has 0 aliphatic carbocycles. The summed E-state index contributed by atoms with van der Waals surface area (Å²) < 4.78 is 1.68. The number of hydrogen-bond acceptors (Lipinski definition) is 4. The minimum absolute atomic E-state index is 0.352. The Bertz CT molecular complexity index is 511. The standard InChI is InChI=1S/C9H8N4O/c1-13-9-4-7(5-10-6-14)2-3-8(9)11-12-13/h2-4H,5H2,1H3. The number of carbonyl (C=O) groups excluding carboxylic acids is 1. The van der Waals surface area contributed by atoms with Crippen molar-refractivity contribution in [3.05, 3.63) is 23.8 Å². The predicted molar refractivity (Wildman–Crippen MR) is 50.3 cm³/mol. The third-order valence-electron chi connectivity index (χ3n) is 2.00. The van der Waals surface area contributed by atoms with Gasteiger partial charge in [0.2, 0.25) is 6.08 Å². The van der Waals surface area contributed by atoms with Crippen LogP contribution in [0.3, 0.4) is 0 Å². The number of hydrogen-bond donors (Lipinski definition) is 0. The fraction of sp³-hybridized carbons (Fsp3) is 0.222. The lowest BCUT2D eigenvalue weighted by Gasteiger charge is -1.95. The van der Waals surface area contributed by atoms with Crippen molar-refractivity contribution in [2.24, 2.45) is 12.0 Å². The molecule has 0 amide bonds. The van der Waals surface area contributed by atoms with Crippen LogP contribution in [0.2, 0.25) is 0 Å². The van der Waals surface area contributed by atoms with Crippen LogP contribution >= 0.6 is 0 Å². The molecule has 1 heterocycles. The number of aromatic nitrogens is 3. The van der Waals surface area contributed by atoms with E-state index in [0.29, 0.717) is 6.54 Å². The number of nitrogens with zero attached hydrogens (tertiary/aromatic N) is 4. The Balaban J connectivity index is 2.48. The zero-order valence-corrected chi connectivity index (χ0v) is 7.64. The second kappa shape index (κ2) is 3.40. The average molecular weight is 188 g/mol. The first-order valence-corrected chi connectivity index (χ1v) is 4.13. The van der Waals surface area contributed by atoms with E-state index < -0.39 is 0 Å². The maximum Gasteiger partial charge on any atom is 0.235 e. The minimum Gasteiger partial charge on any atom is -0.248 e. The second-order valence-corrected chi connectivity index (χ2v) is 2.94. The van der Waals surface area contributed by atoms with Crippen LogP contribution in [0.1, 0.15) is 5.56 Å². The van der Waals surface area contributed by atoms with Gasteiger partial charge >= 0.3 is 0 Å². The van der Waals surface area contributed by atoms with Gasteiger partial charge < -0.3 is 0 Å². The number of aliphatic imine (C=N–C) groups is 1. The molecule has 0 saturated heterocycles. The summed E-state index contributed by atoms with van der Waals surface area (Å²) in [6, 6.07) is 5.64. The summed E-state index contributed by atoms with van der Waals surface area (Å²) in [6.45, 7) is 0.352. The zero-order chi connectivity index (χ0) is 9.97. The lowest BCUT2D eigenvalue weighted by Crippen LogP contribution is -1.90. The first-order chi connectivity index (χ1) is 6.81. The number of benzene rings is 1. The molecule has 5 heteroatoms. The molecule has 0 radical (unpaired) electrons. The normalized spacial score (nSPS) is 10.1. The highest BCUT2D eigenvalue weighted by atomic mass is 16.1. The molecule has 0 atom stereocenters. The summed E-state index contributed by atoms with van der Waals surface area (Å²) in [6.07, 6.45) is 1.51. The van der Waals surface area contributed by atoms with Crippen molar-refractivity contribution in [1.29, 1.82) is 0 Å². The van der Waals surface area contributed by atoms with Crippen LogP contribution in [0, 0.1) is 0 Å². The quantitative estimate of drug-likeness (QED) is 0.517. The minimum atomic E-state index is 0.352. The Hall–Kier alpha value is -2.00. The highest BCUT2D eigenvalue weighted by molar-refractivity contribution is 5.74. The first-order valence-electron chi connectivity index (χ1n) is 4.13. The lowest BCUT2D eigenvalue weighted by atomic mass is 10.2. The Morgan fingerprint density at radius 2 is 2.43 bits per heavy atom. The van der Waals surface area contributed by atoms with Crippen molar-refractivity contribution in [3.63, 3.8) is 0 Å². The number of fused-ring (bicyclic) bond motifs is 1. The van der Waals surface area contributed by atoms with Gasteiger partial charge in [-0.05, 0) is 17.7 Å². The maximum absolute atomic E-state index is 9.94. The van der Waals surface area contributed by atoms with Gasteiger partial charge in [-0.15, -0.1) is 5.10 Å². The molecule has 1 aromatic heterocycles. The van der Waals surface area contributed by atoms with E-state index in [4.69, 9.17) is 0 Å². The molecule has 5 nitrogen and oxygen atoms in total. The summed E-state index contributed by atoms with van der Waals surface area (Å²) in [7, 11) is 1.82. The number of aryl methyl sites for hydroxylation is 1. The van der Waals surface area contributed by atoms with Crippen molar-refractivity contribution in [3.8, 4) is 0 Å². The molecule has 70 valence electrons. The molecule has 0 aliphatic rings. The zero-order valence-electron chi connectivity index (χ0n) is 7.64. The molecular formula is C9H8N4O. The molecule has 1 aromatic carbocycles. The van der Waals surface area contributed by atoms with Crippen LogP contribution in [0.4, 0.5) is 0 Å². The average Bonchev–Trinajstić information content (AvgIpc) is 2.57. The second-order valence-electron chi connectivity index (χ2n) is 2.94. The van der Waals surface area contributed by atoms with Gasteiger partial charge in [0.15, 0.2) is 0 Å². The van der Waals surface area contributed by atoms with Crippen LogP contribution in [0.5, 0.6) is 0 Å². The van der Waals surface area contributed by atoms with Gasteiger partial charge in [-0.3, -0.25) is 0 Å². The maximum atomic E-state index is 9.94. The van der Waals surface area contributed by atoms with E-state index in [2.05, 4.69) is 15.3 Å². The van der Waals surface area contributed by atoms with Crippen LogP contribution in [0.15, 0.2) is 23.2 Å². The van der Waals surface area contributed by atoms with Gasteiger partial charge in [0.05, 0.1) is 12.1 Å². The summed E-state index contributed by atoms with van der Waals surface area (Å²) >= 11 is 0. The van der Waals surface area contributed by atoms with E-state index in [9.17, 15) is 4.79 Å². The van der Waals surface area contributed by atoms with Crippen LogP contribution in [0.25, 0.3) is 11.0 Å². The molecule has 0 bridgehead atoms. The third-order valence-corrected chi connectivity index (χ3v) is 2.00. The van der Waals surface area contributed by atoms with Gasteiger partial charge in [-0.25, -0.2) is 14.5 Å². The van der Waals surface area contributed by atoms with E-state index in [-0.39, 0.29) is 0 Å². The highest BCUT2D eigenvalue weighted by Crippen LogP contribution is 2.12. The summed E-state index contributed by atoms with van der Waals surface area (Å²) in [5, 5.41) is 7.82. The molecule has 2 aromatic rings. The van der Waals surface area contributed by atoms with Crippen LogP contribution in [-0.4, -0.2) is 21.1 Å². The third kappa shape index (κ3) is 1.41. The molecule has 0 saturated carbocycles. The smallest absolute Gasteiger partial charge is 0.235 e. The molecule has 14 heavy (non-hydrogen) atoms. The van der Waals surface area contributed by atoms with Gasteiger partial charge in [0.1, 0.15) is 5.52 Å². The van der Waals surface area contributed by atoms with Gasteiger partial charge in [-0.2, -0.15) is 0 Å². The summed E-state index contributed by atoms with van der Waals surface area (Å²) in [5.74, 6) is 0. The molecule has 0 unspecified atom stereocenters. The fourth-order valence-corrected chi connectivity index (χ4v) is 1.30. The Kier molecular flexibility index (Phi) is 2.08. The molecule has 0 spiro atoms. The SMILES string of the molecule is Cn1nnc2ccc(CN=C=O)cc21. The predicted octanol–water partition coefficient (Wildman–Crippen LogP) is 0.804. The largest absolute Gasteiger partial charge is 0.248 e. The Morgan fingerprint density at radius 1 is 1.57 bits per heavy atom. The van der Waals surface area contributed by atoms with E-state index in [1.165, 1.54) is 6.08 Å². The summed E-state index contributed by atoms with van der Waals surface area (Å²) in [4.78, 5) is 13.4. The van der Waals surface area contributed by atoms with Gasteiger partial charge in [0.25, 0.3) is 0 Å². The van der Waals surface area contributed by atoms with E-state index in [1.54, 1.807) is 4.68 Å². The fourth-order valence-electron chi connectivity index (χ4n) is 1.30. The van der Waals surface area contributed by atoms with E-state index >= 15 is 0 Å². The van der Waals surface area contributed by atoms with Crippen molar-refractivity contribution in [2.45, 2.75) is 6.54 Å². The molecule has 0 fully saturated rings. The van der Waals surface area contributed by atoms with Crippen molar-refractivity contribution >= 4 is 17.1 Å².